The molecule has 0 saturated heterocycles. The van der Waals surface area contributed by atoms with Crippen molar-refractivity contribution in [1.29, 1.82) is 0 Å². The molecule has 0 bridgehead atoms. The lowest BCUT2D eigenvalue weighted by atomic mass is 10.1. The molecule has 0 aliphatic rings. The molecule has 0 radical (unpaired) electrons. The van der Waals surface area contributed by atoms with Crippen molar-refractivity contribution < 1.29 is 36.2 Å². The normalized spacial score (nSPS) is 13.9. The molecule has 1 aromatic rings. The summed E-state index contributed by atoms with van der Waals surface area (Å²) < 4.78 is 66.7. The molecule has 22 heavy (non-hydrogen) atoms. The molecule has 0 spiro atoms. The topological polar surface area (TPSA) is 92.7 Å². The van der Waals surface area contributed by atoms with Crippen LogP contribution in [0.2, 0.25) is 0 Å². The first-order valence-electron chi connectivity index (χ1n) is 6.04. The van der Waals surface area contributed by atoms with Crippen molar-refractivity contribution in [3.8, 4) is 5.75 Å². The van der Waals surface area contributed by atoms with E-state index in [4.69, 9.17) is 5.11 Å². The lowest BCUT2D eigenvalue weighted by Crippen LogP contribution is -2.44. The highest BCUT2D eigenvalue weighted by molar-refractivity contribution is 7.89. The first kappa shape index (κ1) is 18.2. The number of rotatable bonds is 6. The molecule has 0 aliphatic heterocycles. The van der Waals surface area contributed by atoms with Crippen LogP contribution in [0.5, 0.6) is 5.75 Å². The molecule has 1 unspecified atom stereocenters. The van der Waals surface area contributed by atoms with Crippen LogP contribution >= 0.6 is 0 Å². The number of hydrogen-bond donors (Lipinski definition) is 2. The lowest BCUT2D eigenvalue weighted by molar-refractivity contribution is -0.275. The van der Waals surface area contributed by atoms with Gasteiger partial charge in [-0.25, -0.2) is 8.42 Å². The second-order valence-corrected chi connectivity index (χ2v) is 6.36. The fourth-order valence-electron chi connectivity index (χ4n) is 1.58. The quantitative estimate of drug-likeness (QED) is 0.825. The molecule has 0 aromatic heterocycles. The molecule has 124 valence electrons. The zero-order valence-electron chi connectivity index (χ0n) is 11.6. The summed E-state index contributed by atoms with van der Waals surface area (Å²) in [5.41, 5.74) is 0. The van der Waals surface area contributed by atoms with Gasteiger partial charge in [0, 0.05) is 0 Å². The number of halogens is 3. The van der Waals surface area contributed by atoms with Crippen molar-refractivity contribution in [1.82, 2.24) is 4.72 Å². The van der Waals surface area contributed by atoms with Gasteiger partial charge in [0.2, 0.25) is 10.0 Å². The molecule has 0 aliphatic carbocycles. The molecule has 6 nitrogen and oxygen atoms in total. The van der Waals surface area contributed by atoms with Crippen LogP contribution in [0.25, 0.3) is 0 Å². The molecule has 10 heteroatoms. The van der Waals surface area contributed by atoms with E-state index in [1.54, 1.807) is 0 Å². The molecule has 0 heterocycles. The third-order valence-corrected chi connectivity index (χ3v) is 4.06. The molecular weight excluding hydrogens is 327 g/mol. The monoisotopic (exact) mass is 341 g/mol. The number of benzene rings is 1. The standard InChI is InChI=1S/C12H14F3NO5S/c1-7(2)10(11(17)18)16-22(19,20)9-6-4-3-5-8(9)21-12(13,14)15/h3-7,10,16H,1-2H3,(H,17,18). The molecule has 1 atom stereocenters. The second kappa shape index (κ2) is 6.53. The van der Waals surface area contributed by atoms with Crippen LogP contribution in [-0.2, 0) is 14.8 Å². The highest BCUT2D eigenvalue weighted by Gasteiger charge is 2.35. The molecule has 1 rings (SSSR count). The van der Waals surface area contributed by atoms with E-state index < -0.39 is 45.0 Å². The van der Waals surface area contributed by atoms with Gasteiger partial charge in [-0.2, -0.15) is 4.72 Å². The highest BCUT2D eigenvalue weighted by atomic mass is 32.2. The van der Waals surface area contributed by atoms with Crippen molar-refractivity contribution in [2.75, 3.05) is 0 Å². The van der Waals surface area contributed by atoms with Gasteiger partial charge >= 0.3 is 12.3 Å². The third kappa shape index (κ3) is 4.88. The first-order chi connectivity index (χ1) is 9.94. The van der Waals surface area contributed by atoms with Gasteiger partial charge in [-0.15, -0.1) is 13.2 Å². The van der Waals surface area contributed by atoms with E-state index in [2.05, 4.69) is 4.74 Å². The molecular formula is C12H14F3NO5S. The number of aliphatic carboxylic acids is 1. The van der Waals surface area contributed by atoms with Crippen LogP contribution in [-0.4, -0.2) is 31.9 Å². The minimum absolute atomic E-state index is 0.608. The Kier molecular flexibility index (Phi) is 5.41. The number of hydrogen-bond acceptors (Lipinski definition) is 4. The highest BCUT2D eigenvalue weighted by Crippen LogP contribution is 2.29. The Morgan fingerprint density at radius 1 is 1.27 bits per heavy atom. The van der Waals surface area contributed by atoms with Crippen LogP contribution in [0.4, 0.5) is 13.2 Å². The summed E-state index contributed by atoms with van der Waals surface area (Å²) in [7, 11) is -4.51. The van der Waals surface area contributed by atoms with Crippen LogP contribution in [0, 0.1) is 5.92 Å². The lowest BCUT2D eigenvalue weighted by Gasteiger charge is -2.19. The van der Waals surface area contributed by atoms with Gasteiger partial charge < -0.3 is 9.84 Å². The maximum Gasteiger partial charge on any atom is 0.573 e. The van der Waals surface area contributed by atoms with Gasteiger partial charge in [0.1, 0.15) is 16.7 Å². The Labute approximate surface area is 124 Å². The minimum Gasteiger partial charge on any atom is -0.480 e. The van der Waals surface area contributed by atoms with Crippen LogP contribution < -0.4 is 9.46 Å². The number of alkyl halides is 3. The number of carbonyl (C=O) groups is 1. The van der Waals surface area contributed by atoms with E-state index in [-0.39, 0.29) is 0 Å². The summed E-state index contributed by atoms with van der Waals surface area (Å²) in [6.07, 6.45) is -5.07. The molecule has 1 aromatic carbocycles. The summed E-state index contributed by atoms with van der Waals surface area (Å²) in [5.74, 6) is -2.98. The summed E-state index contributed by atoms with van der Waals surface area (Å²) in [5, 5.41) is 8.97. The van der Waals surface area contributed by atoms with E-state index in [1.807, 2.05) is 4.72 Å². The fraction of sp³-hybridized carbons (Fsp3) is 0.417. The molecule has 2 N–H and O–H groups in total. The zero-order valence-corrected chi connectivity index (χ0v) is 12.4. The largest absolute Gasteiger partial charge is 0.573 e. The average molecular weight is 341 g/mol. The predicted molar refractivity (Wildman–Crippen MR) is 69.7 cm³/mol. The van der Waals surface area contributed by atoms with Gasteiger partial charge in [0.05, 0.1) is 0 Å². The molecule has 0 fully saturated rings. The fourth-order valence-corrected chi connectivity index (χ4v) is 3.05. The van der Waals surface area contributed by atoms with E-state index >= 15 is 0 Å². The van der Waals surface area contributed by atoms with Crippen LogP contribution in [0.3, 0.4) is 0 Å². The summed E-state index contributed by atoms with van der Waals surface area (Å²) in [6, 6.07) is 2.60. The number of para-hydroxylation sites is 1. The minimum atomic E-state index is -5.07. The Morgan fingerprint density at radius 3 is 2.27 bits per heavy atom. The maximum atomic E-state index is 12.3. The van der Waals surface area contributed by atoms with E-state index in [0.29, 0.717) is 0 Å². The summed E-state index contributed by atoms with van der Waals surface area (Å²) >= 11 is 0. The molecule has 0 saturated carbocycles. The number of carboxylic acids is 1. The van der Waals surface area contributed by atoms with Crippen LogP contribution in [0.1, 0.15) is 13.8 Å². The van der Waals surface area contributed by atoms with Gasteiger partial charge in [-0.3, -0.25) is 4.79 Å². The van der Waals surface area contributed by atoms with E-state index in [9.17, 15) is 26.4 Å². The predicted octanol–water partition coefficient (Wildman–Crippen LogP) is 1.97. The summed E-state index contributed by atoms with van der Waals surface area (Å²) in [4.78, 5) is 10.2. The van der Waals surface area contributed by atoms with Gasteiger partial charge in [0.15, 0.2) is 0 Å². The van der Waals surface area contributed by atoms with E-state index in [1.165, 1.54) is 19.9 Å². The SMILES string of the molecule is CC(C)C(NS(=O)(=O)c1ccccc1OC(F)(F)F)C(=O)O. The Morgan fingerprint density at radius 2 is 1.82 bits per heavy atom. The smallest absolute Gasteiger partial charge is 0.480 e. The third-order valence-electron chi connectivity index (χ3n) is 2.58. The van der Waals surface area contributed by atoms with Crippen molar-refractivity contribution in [2.45, 2.75) is 31.1 Å². The summed E-state index contributed by atoms with van der Waals surface area (Å²) in [6.45, 7) is 2.92. The van der Waals surface area contributed by atoms with Crippen molar-refractivity contribution >= 4 is 16.0 Å². The van der Waals surface area contributed by atoms with Gasteiger partial charge in [0.25, 0.3) is 0 Å². The average Bonchev–Trinajstić information content (AvgIpc) is 2.34. The van der Waals surface area contributed by atoms with Gasteiger partial charge in [-0.05, 0) is 18.1 Å². The number of carboxylic acid groups (broad SMARTS) is 1. The zero-order chi connectivity index (χ0) is 17.1. The Hall–Kier alpha value is -1.81. The van der Waals surface area contributed by atoms with Crippen LogP contribution in [0.15, 0.2) is 29.2 Å². The van der Waals surface area contributed by atoms with Crippen molar-refractivity contribution in [2.24, 2.45) is 5.92 Å². The Bertz CT molecular complexity index is 642. The maximum absolute atomic E-state index is 12.3. The first-order valence-corrected chi connectivity index (χ1v) is 7.52. The van der Waals surface area contributed by atoms with Crippen molar-refractivity contribution in [3.05, 3.63) is 24.3 Å². The number of nitrogens with one attached hydrogen (secondary N) is 1. The Balaban J connectivity index is 3.21. The molecule has 0 amide bonds. The number of sulfonamides is 1. The number of ether oxygens (including phenoxy) is 1. The van der Waals surface area contributed by atoms with Gasteiger partial charge in [-0.1, -0.05) is 26.0 Å². The van der Waals surface area contributed by atoms with E-state index in [0.717, 1.165) is 18.2 Å². The van der Waals surface area contributed by atoms with Crippen molar-refractivity contribution in [3.63, 3.8) is 0 Å². The second-order valence-electron chi connectivity index (χ2n) is 4.68.